The third-order valence-corrected chi connectivity index (χ3v) is 5.03. The topological polar surface area (TPSA) is 32.3 Å². The molecule has 0 aromatic heterocycles. The van der Waals surface area contributed by atoms with E-state index in [2.05, 4.69) is 18.3 Å². The second kappa shape index (κ2) is 5.16. The van der Waals surface area contributed by atoms with E-state index >= 15 is 0 Å². The van der Waals surface area contributed by atoms with Gasteiger partial charge in [0.05, 0.1) is 0 Å². The molecule has 1 aromatic rings. The van der Waals surface area contributed by atoms with Gasteiger partial charge in [-0.1, -0.05) is 25.8 Å². The zero-order valence-corrected chi connectivity index (χ0v) is 11.9. The molecule has 0 saturated heterocycles. The van der Waals surface area contributed by atoms with Crippen LogP contribution in [0.4, 0.5) is 0 Å². The molecule has 2 N–H and O–H groups in total. The van der Waals surface area contributed by atoms with Crippen molar-refractivity contribution < 1.29 is 5.11 Å². The van der Waals surface area contributed by atoms with Gasteiger partial charge in [0.15, 0.2) is 0 Å². The van der Waals surface area contributed by atoms with Gasteiger partial charge in [-0.15, -0.1) is 0 Å². The number of rotatable bonds is 3. The van der Waals surface area contributed by atoms with Crippen LogP contribution in [0.15, 0.2) is 18.2 Å². The molecular formula is C17H25NO. The summed E-state index contributed by atoms with van der Waals surface area (Å²) < 4.78 is 0. The molecule has 0 amide bonds. The SMILES string of the molecule is CC1(CNC2CCCc3cc(O)ccc32)CCCC1. The normalized spacial score (nSPS) is 25.2. The third kappa shape index (κ3) is 2.79. The second-order valence-corrected chi connectivity index (χ2v) is 6.73. The van der Waals surface area contributed by atoms with Crippen LogP contribution in [0, 0.1) is 5.41 Å². The summed E-state index contributed by atoms with van der Waals surface area (Å²) in [6.45, 7) is 3.56. The Kier molecular flexibility index (Phi) is 3.53. The number of phenols is 1. The van der Waals surface area contributed by atoms with Crippen molar-refractivity contribution in [3.63, 3.8) is 0 Å². The molecule has 2 nitrogen and oxygen atoms in total. The number of aromatic hydroxyl groups is 1. The highest BCUT2D eigenvalue weighted by molar-refractivity contribution is 5.38. The van der Waals surface area contributed by atoms with Gasteiger partial charge in [0.1, 0.15) is 5.75 Å². The molecule has 19 heavy (non-hydrogen) atoms. The number of aryl methyl sites for hydroxylation is 1. The van der Waals surface area contributed by atoms with Crippen LogP contribution in [0.5, 0.6) is 5.75 Å². The molecule has 0 spiro atoms. The lowest BCUT2D eigenvalue weighted by Crippen LogP contribution is -2.34. The van der Waals surface area contributed by atoms with Crippen LogP contribution in [0.25, 0.3) is 0 Å². The highest BCUT2D eigenvalue weighted by Gasteiger charge is 2.30. The number of fused-ring (bicyclic) bond motifs is 1. The molecule has 0 radical (unpaired) electrons. The van der Waals surface area contributed by atoms with Crippen molar-refractivity contribution in [2.45, 2.75) is 57.9 Å². The van der Waals surface area contributed by atoms with Crippen LogP contribution in [0.1, 0.15) is 62.6 Å². The Bertz CT molecular complexity index is 449. The molecule has 1 aromatic carbocycles. The largest absolute Gasteiger partial charge is 0.508 e. The van der Waals surface area contributed by atoms with E-state index in [1.54, 1.807) is 0 Å². The fraction of sp³-hybridized carbons (Fsp3) is 0.647. The smallest absolute Gasteiger partial charge is 0.115 e. The lowest BCUT2D eigenvalue weighted by molar-refractivity contribution is 0.289. The van der Waals surface area contributed by atoms with E-state index in [0.717, 1.165) is 13.0 Å². The molecule has 1 atom stereocenters. The van der Waals surface area contributed by atoms with E-state index in [9.17, 15) is 5.11 Å². The number of hydrogen-bond acceptors (Lipinski definition) is 2. The van der Waals surface area contributed by atoms with Crippen LogP contribution >= 0.6 is 0 Å². The predicted molar refractivity (Wildman–Crippen MR) is 78.4 cm³/mol. The Morgan fingerprint density at radius 3 is 2.84 bits per heavy atom. The molecule has 0 aliphatic heterocycles. The minimum Gasteiger partial charge on any atom is -0.508 e. The molecule has 0 heterocycles. The average molecular weight is 259 g/mol. The summed E-state index contributed by atoms with van der Waals surface area (Å²) in [6.07, 6.45) is 9.10. The van der Waals surface area contributed by atoms with E-state index in [4.69, 9.17) is 0 Å². The predicted octanol–water partition coefficient (Wildman–Crippen LogP) is 3.94. The third-order valence-electron chi connectivity index (χ3n) is 5.03. The molecule has 3 rings (SSSR count). The lowest BCUT2D eigenvalue weighted by Gasteiger charge is -2.31. The van der Waals surface area contributed by atoms with E-state index in [0.29, 0.717) is 17.2 Å². The molecule has 2 aliphatic rings. The van der Waals surface area contributed by atoms with Crippen LogP contribution in [-0.2, 0) is 6.42 Å². The van der Waals surface area contributed by atoms with E-state index in [1.165, 1.54) is 49.7 Å². The maximum atomic E-state index is 9.60. The minimum absolute atomic E-state index is 0.405. The van der Waals surface area contributed by atoms with Crippen molar-refractivity contribution in [1.29, 1.82) is 0 Å². The van der Waals surface area contributed by atoms with Crippen molar-refractivity contribution in [3.8, 4) is 5.75 Å². The standard InChI is InChI=1S/C17H25NO/c1-17(9-2-3-10-17)12-18-16-6-4-5-13-11-14(19)7-8-15(13)16/h7-8,11,16,18-19H,2-6,9-10,12H2,1H3. The summed E-state index contributed by atoms with van der Waals surface area (Å²) in [4.78, 5) is 0. The van der Waals surface area contributed by atoms with E-state index < -0.39 is 0 Å². The van der Waals surface area contributed by atoms with Gasteiger partial charge in [0.2, 0.25) is 0 Å². The van der Waals surface area contributed by atoms with Crippen LogP contribution < -0.4 is 5.32 Å². The number of benzene rings is 1. The van der Waals surface area contributed by atoms with Gasteiger partial charge in [-0.05, 0) is 60.8 Å². The summed E-state index contributed by atoms with van der Waals surface area (Å²) in [5.74, 6) is 0.405. The van der Waals surface area contributed by atoms with Crippen LogP contribution in [0.3, 0.4) is 0 Å². The Balaban J connectivity index is 1.69. The van der Waals surface area contributed by atoms with Crippen molar-refractivity contribution in [1.82, 2.24) is 5.32 Å². The maximum Gasteiger partial charge on any atom is 0.115 e. The van der Waals surface area contributed by atoms with Gasteiger partial charge < -0.3 is 10.4 Å². The highest BCUT2D eigenvalue weighted by Crippen LogP contribution is 2.38. The summed E-state index contributed by atoms with van der Waals surface area (Å²) in [5.41, 5.74) is 3.25. The van der Waals surface area contributed by atoms with Crippen molar-refractivity contribution in [2.75, 3.05) is 6.54 Å². The first-order valence-corrected chi connectivity index (χ1v) is 7.72. The van der Waals surface area contributed by atoms with E-state index in [1.807, 2.05) is 12.1 Å². The van der Waals surface area contributed by atoms with Crippen LogP contribution in [0.2, 0.25) is 0 Å². The highest BCUT2D eigenvalue weighted by atomic mass is 16.3. The van der Waals surface area contributed by atoms with Crippen molar-refractivity contribution in [3.05, 3.63) is 29.3 Å². The maximum absolute atomic E-state index is 9.60. The van der Waals surface area contributed by atoms with Gasteiger partial charge in [0.25, 0.3) is 0 Å². The Labute approximate surface area is 116 Å². The lowest BCUT2D eigenvalue weighted by atomic mass is 9.85. The quantitative estimate of drug-likeness (QED) is 0.861. The number of phenolic OH excluding ortho intramolecular Hbond substituents is 1. The fourth-order valence-electron chi connectivity index (χ4n) is 3.79. The Hall–Kier alpha value is -1.02. The molecule has 1 saturated carbocycles. The molecule has 2 heteroatoms. The van der Waals surface area contributed by atoms with Gasteiger partial charge in [-0.25, -0.2) is 0 Å². The van der Waals surface area contributed by atoms with Gasteiger partial charge in [-0.2, -0.15) is 0 Å². The monoisotopic (exact) mass is 259 g/mol. The van der Waals surface area contributed by atoms with Crippen LogP contribution in [-0.4, -0.2) is 11.7 Å². The van der Waals surface area contributed by atoms with Crippen molar-refractivity contribution >= 4 is 0 Å². The van der Waals surface area contributed by atoms with Gasteiger partial charge >= 0.3 is 0 Å². The van der Waals surface area contributed by atoms with Crippen molar-refractivity contribution in [2.24, 2.45) is 5.41 Å². The fourth-order valence-corrected chi connectivity index (χ4v) is 3.79. The molecule has 0 bridgehead atoms. The minimum atomic E-state index is 0.405. The molecule has 1 fully saturated rings. The number of hydrogen-bond donors (Lipinski definition) is 2. The molecule has 104 valence electrons. The summed E-state index contributed by atoms with van der Waals surface area (Å²) in [7, 11) is 0. The first kappa shape index (κ1) is 13.0. The Morgan fingerprint density at radius 1 is 1.26 bits per heavy atom. The van der Waals surface area contributed by atoms with Gasteiger partial charge in [0, 0.05) is 12.6 Å². The average Bonchev–Trinajstić information content (AvgIpc) is 2.83. The summed E-state index contributed by atoms with van der Waals surface area (Å²) in [6, 6.07) is 6.37. The summed E-state index contributed by atoms with van der Waals surface area (Å²) >= 11 is 0. The summed E-state index contributed by atoms with van der Waals surface area (Å²) in [5, 5.41) is 13.4. The van der Waals surface area contributed by atoms with Gasteiger partial charge in [-0.3, -0.25) is 0 Å². The molecular weight excluding hydrogens is 234 g/mol. The molecule has 2 aliphatic carbocycles. The second-order valence-electron chi connectivity index (χ2n) is 6.73. The zero-order chi connectivity index (χ0) is 13.3. The van der Waals surface area contributed by atoms with E-state index in [-0.39, 0.29) is 0 Å². The first-order chi connectivity index (χ1) is 9.16. The zero-order valence-electron chi connectivity index (χ0n) is 11.9. The number of nitrogens with one attached hydrogen (secondary N) is 1. The first-order valence-electron chi connectivity index (χ1n) is 7.72. The molecule has 1 unspecified atom stereocenters. The Morgan fingerprint density at radius 2 is 2.05 bits per heavy atom.